The standard InChI is InChI=1S/C25H26N2O5S/c1-29-15-16-30-22-11-7-19(8-12-22)24(28)27-25(33)26-20-9-13-23(14-10-20)32-18-17-31-21-5-3-2-4-6-21/h2-14H,15-18H2,1H3,(H2,26,27,28,33). The average Bonchev–Trinajstić information content (AvgIpc) is 2.84. The Morgan fingerprint density at radius 2 is 1.24 bits per heavy atom. The maximum absolute atomic E-state index is 12.4. The van der Waals surface area contributed by atoms with E-state index in [4.69, 9.17) is 31.2 Å². The van der Waals surface area contributed by atoms with Crippen molar-refractivity contribution in [2.24, 2.45) is 0 Å². The number of methoxy groups -OCH3 is 1. The molecule has 0 spiro atoms. The molecular weight excluding hydrogens is 440 g/mol. The number of hydrogen-bond donors (Lipinski definition) is 2. The Morgan fingerprint density at radius 3 is 1.82 bits per heavy atom. The van der Waals surface area contributed by atoms with Gasteiger partial charge in [-0.25, -0.2) is 0 Å². The molecule has 0 aliphatic heterocycles. The van der Waals surface area contributed by atoms with Crippen LogP contribution in [0.4, 0.5) is 5.69 Å². The minimum Gasteiger partial charge on any atom is -0.491 e. The zero-order valence-corrected chi connectivity index (χ0v) is 19.1. The van der Waals surface area contributed by atoms with E-state index in [0.717, 1.165) is 11.4 Å². The van der Waals surface area contributed by atoms with Crippen LogP contribution in [0.1, 0.15) is 10.4 Å². The number of carbonyl (C=O) groups is 1. The molecule has 3 rings (SSSR count). The second-order valence-corrected chi connectivity index (χ2v) is 7.22. The van der Waals surface area contributed by atoms with Crippen molar-refractivity contribution in [3.8, 4) is 17.2 Å². The first-order valence-electron chi connectivity index (χ1n) is 10.4. The lowest BCUT2D eigenvalue weighted by Crippen LogP contribution is -2.34. The van der Waals surface area contributed by atoms with E-state index in [1.165, 1.54) is 0 Å². The zero-order chi connectivity index (χ0) is 23.3. The molecule has 3 aromatic rings. The highest BCUT2D eigenvalue weighted by molar-refractivity contribution is 7.80. The fraction of sp³-hybridized carbons (Fsp3) is 0.200. The average molecular weight is 467 g/mol. The normalized spacial score (nSPS) is 10.2. The Hall–Kier alpha value is -3.62. The van der Waals surface area contributed by atoms with E-state index in [-0.39, 0.29) is 11.0 Å². The van der Waals surface area contributed by atoms with Crippen molar-refractivity contribution in [1.82, 2.24) is 5.32 Å². The first kappa shape index (κ1) is 24.0. The van der Waals surface area contributed by atoms with Crippen LogP contribution in [0, 0.1) is 0 Å². The van der Waals surface area contributed by atoms with Crippen molar-refractivity contribution in [1.29, 1.82) is 0 Å². The van der Waals surface area contributed by atoms with Gasteiger partial charge in [0.2, 0.25) is 0 Å². The fourth-order valence-electron chi connectivity index (χ4n) is 2.75. The summed E-state index contributed by atoms with van der Waals surface area (Å²) in [6.45, 7) is 1.81. The number of carbonyl (C=O) groups excluding carboxylic acids is 1. The van der Waals surface area contributed by atoms with E-state index in [0.29, 0.717) is 43.5 Å². The smallest absolute Gasteiger partial charge is 0.257 e. The molecule has 2 N–H and O–H groups in total. The van der Waals surface area contributed by atoms with E-state index in [9.17, 15) is 4.79 Å². The van der Waals surface area contributed by atoms with Crippen molar-refractivity contribution >= 4 is 28.9 Å². The summed E-state index contributed by atoms with van der Waals surface area (Å²) in [5.74, 6) is 1.87. The topological polar surface area (TPSA) is 78.1 Å². The predicted octanol–water partition coefficient (Wildman–Crippen LogP) is 4.30. The van der Waals surface area contributed by atoms with Crippen molar-refractivity contribution in [2.75, 3.05) is 38.9 Å². The van der Waals surface area contributed by atoms with E-state index < -0.39 is 0 Å². The van der Waals surface area contributed by atoms with Crippen LogP contribution >= 0.6 is 12.2 Å². The van der Waals surface area contributed by atoms with E-state index in [1.54, 1.807) is 31.4 Å². The molecule has 0 saturated carbocycles. The van der Waals surface area contributed by atoms with Crippen LogP contribution < -0.4 is 24.8 Å². The van der Waals surface area contributed by atoms with Crippen molar-refractivity contribution < 1.29 is 23.7 Å². The van der Waals surface area contributed by atoms with Crippen LogP contribution in [-0.2, 0) is 4.74 Å². The fourth-order valence-corrected chi connectivity index (χ4v) is 2.96. The number of benzene rings is 3. The van der Waals surface area contributed by atoms with Gasteiger partial charge in [-0.05, 0) is 72.9 Å². The molecule has 1 amide bonds. The van der Waals surface area contributed by atoms with Gasteiger partial charge in [-0.2, -0.15) is 0 Å². The van der Waals surface area contributed by atoms with Gasteiger partial charge in [0.05, 0.1) is 6.61 Å². The quantitative estimate of drug-likeness (QED) is 0.322. The van der Waals surface area contributed by atoms with Crippen molar-refractivity contribution in [3.63, 3.8) is 0 Å². The van der Waals surface area contributed by atoms with Crippen LogP contribution in [0.15, 0.2) is 78.9 Å². The van der Waals surface area contributed by atoms with Crippen LogP contribution in [0.25, 0.3) is 0 Å². The molecule has 0 unspecified atom stereocenters. The molecule has 8 heteroatoms. The number of anilines is 1. The second-order valence-electron chi connectivity index (χ2n) is 6.81. The molecule has 0 saturated heterocycles. The summed E-state index contributed by atoms with van der Waals surface area (Å²) in [6, 6.07) is 23.7. The predicted molar refractivity (Wildman–Crippen MR) is 131 cm³/mol. The number of rotatable bonds is 11. The number of thiocarbonyl (C=S) groups is 1. The number of amides is 1. The number of nitrogens with one attached hydrogen (secondary N) is 2. The Balaban J connectivity index is 1.39. The van der Waals surface area contributed by atoms with Crippen LogP contribution in [0.2, 0.25) is 0 Å². The van der Waals surface area contributed by atoms with E-state index >= 15 is 0 Å². The molecule has 0 bridgehead atoms. The minimum atomic E-state index is -0.311. The summed E-state index contributed by atoms with van der Waals surface area (Å²) in [6.07, 6.45) is 0. The highest BCUT2D eigenvalue weighted by Gasteiger charge is 2.08. The number of ether oxygens (including phenoxy) is 4. The molecule has 0 heterocycles. The van der Waals surface area contributed by atoms with Gasteiger partial charge in [0, 0.05) is 18.4 Å². The largest absolute Gasteiger partial charge is 0.491 e. The summed E-state index contributed by atoms with van der Waals surface area (Å²) in [5, 5.41) is 5.85. The summed E-state index contributed by atoms with van der Waals surface area (Å²) < 4.78 is 21.7. The molecule has 0 fully saturated rings. The van der Waals surface area contributed by atoms with Gasteiger partial charge >= 0.3 is 0 Å². The number of para-hydroxylation sites is 1. The maximum atomic E-state index is 12.4. The van der Waals surface area contributed by atoms with Gasteiger partial charge in [0.25, 0.3) is 5.91 Å². The molecule has 33 heavy (non-hydrogen) atoms. The molecule has 172 valence electrons. The van der Waals surface area contributed by atoms with Gasteiger partial charge in [-0.1, -0.05) is 18.2 Å². The third-order valence-corrected chi connectivity index (χ3v) is 4.58. The monoisotopic (exact) mass is 466 g/mol. The Morgan fingerprint density at radius 1 is 0.727 bits per heavy atom. The first-order chi connectivity index (χ1) is 16.1. The lowest BCUT2D eigenvalue weighted by Gasteiger charge is -2.11. The Bertz CT molecular complexity index is 1010. The lowest BCUT2D eigenvalue weighted by atomic mass is 10.2. The Labute approximate surface area is 198 Å². The summed E-state index contributed by atoms with van der Waals surface area (Å²) in [5.41, 5.74) is 1.20. The zero-order valence-electron chi connectivity index (χ0n) is 18.3. The van der Waals surface area contributed by atoms with Gasteiger partial charge in [0.1, 0.15) is 37.1 Å². The molecule has 0 aliphatic rings. The van der Waals surface area contributed by atoms with Crippen molar-refractivity contribution in [3.05, 3.63) is 84.4 Å². The summed E-state index contributed by atoms with van der Waals surface area (Å²) in [4.78, 5) is 12.4. The minimum absolute atomic E-state index is 0.199. The van der Waals surface area contributed by atoms with Crippen molar-refractivity contribution in [2.45, 2.75) is 0 Å². The highest BCUT2D eigenvalue weighted by Crippen LogP contribution is 2.16. The third-order valence-electron chi connectivity index (χ3n) is 4.38. The molecule has 0 aliphatic carbocycles. The molecule has 7 nitrogen and oxygen atoms in total. The maximum Gasteiger partial charge on any atom is 0.257 e. The van der Waals surface area contributed by atoms with Crippen LogP contribution in [0.5, 0.6) is 17.2 Å². The summed E-state index contributed by atoms with van der Waals surface area (Å²) in [7, 11) is 1.61. The first-order valence-corrected chi connectivity index (χ1v) is 10.8. The Kier molecular flexibility index (Phi) is 9.50. The lowest BCUT2D eigenvalue weighted by molar-refractivity contribution is 0.0977. The van der Waals surface area contributed by atoms with E-state index in [2.05, 4.69) is 10.6 Å². The van der Waals surface area contributed by atoms with Crippen LogP contribution in [0.3, 0.4) is 0 Å². The number of hydrogen-bond acceptors (Lipinski definition) is 6. The van der Waals surface area contributed by atoms with Gasteiger partial charge in [-0.15, -0.1) is 0 Å². The summed E-state index contributed by atoms with van der Waals surface area (Å²) >= 11 is 5.24. The van der Waals surface area contributed by atoms with Gasteiger partial charge < -0.3 is 24.3 Å². The molecule has 0 radical (unpaired) electrons. The van der Waals surface area contributed by atoms with Gasteiger partial charge in [-0.3, -0.25) is 10.1 Å². The van der Waals surface area contributed by atoms with E-state index in [1.807, 2.05) is 54.6 Å². The van der Waals surface area contributed by atoms with Crippen LogP contribution in [-0.4, -0.2) is 44.6 Å². The molecule has 0 atom stereocenters. The second kappa shape index (κ2) is 13.0. The molecule has 3 aromatic carbocycles. The third kappa shape index (κ3) is 8.44. The highest BCUT2D eigenvalue weighted by atomic mass is 32.1. The molecule has 0 aromatic heterocycles. The SMILES string of the molecule is COCCOc1ccc(C(=O)NC(=S)Nc2ccc(OCCOc3ccccc3)cc2)cc1. The van der Waals surface area contributed by atoms with Gasteiger partial charge in [0.15, 0.2) is 5.11 Å². The molecular formula is C25H26N2O5S.